The van der Waals surface area contributed by atoms with Gasteiger partial charge in [-0.05, 0) is 30.9 Å². The molecule has 6 heteroatoms. The summed E-state index contributed by atoms with van der Waals surface area (Å²) < 4.78 is 15.3. The molecule has 0 radical (unpaired) electrons. The maximum Gasteiger partial charge on any atom is 0.329 e. The number of methoxy groups -OCH3 is 3. The number of para-hydroxylation sites is 1. The number of carbonyl (C=O) groups excluding carboxylic acids is 2. The highest BCUT2D eigenvalue weighted by Gasteiger charge is 2.54. The number of rotatable bonds is 3. The third kappa shape index (κ3) is 2.01. The highest BCUT2D eigenvalue weighted by atomic mass is 16.5. The lowest BCUT2D eigenvalue weighted by Crippen LogP contribution is -2.48. The van der Waals surface area contributed by atoms with E-state index < -0.39 is 17.4 Å². The summed E-state index contributed by atoms with van der Waals surface area (Å²) in [4.78, 5) is 28.2. The van der Waals surface area contributed by atoms with Crippen LogP contribution in [0.15, 0.2) is 18.2 Å². The molecule has 0 atom stereocenters. The van der Waals surface area contributed by atoms with Gasteiger partial charge >= 0.3 is 11.9 Å². The minimum atomic E-state index is -1.44. The maximum absolute atomic E-state index is 12.5. The molecule has 2 aromatic rings. The van der Waals surface area contributed by atoms with Crippen molar-refractivity contribution in [2.24, 2.45) is 0 Å². The van der Waals surface area contributed by atoms with Crippen LogP contribution in [0.4, 0.5) is 0 Å². The number of carbonyl (C=O) groups is 2. The fourth-order valence-corrected chi connectivity index (χ4v) is 3.54. The second-order valence-electron chi connectivity index (χ2n) is 5.60. The van der Waals surface area contributed by atoms with Crippen LogP contribution in [-0.4, -0.2) is 38.3 Å². The molecular formula is C17H19NO5. The van der Waals surface area contributed by atoms with Crippen LogP contribution < -0.4 is 4.74 Å². The van der Waals surface area contributed by atoms with Gasteiger partial charge in [-0.15, -0.1) is 0 Å². The first-order valence-electron chi connectivity index (χ1n) is 7.45. The highest BCUT2D eigenvalue weighted by Crippen LogP contribution is 2.43. The average Bonchev–Trinajstić information content (AvgIpc) is 2.99. The lowest BCUT2D eigenvalue weighted by Gasteiger charge is -2.31. The summed E-state index contributed by atoms with van der Waals surface area (Å²) in [5.41, 5.74) is 0.836. The standard InChI is InChI=1S/C17H19NO5/c1-21-12-8-4-6-10-11-7-5-9-17(15(19)22-2,16(20)23-3)14(11)18-13(10)12/h4,6,8,18H,5,7,9H2,1-3H3. The molecule has 1 heterocycles. The second-order valence-corrected chi connectivity index (χ2v) is 5.60. The first-order chi connectivity index (χ1) is 11.1. The van der Waals surface area contributed by atoms with Crippen molar-refractivity contribution in [1.29, 1.82) is 0 Å². The van der Waals surface area contributed by atoms with E-state index in [1.807, 2.05) is 18.2 Å². The fourth-order valence-electron chi connectivity index (χ4n) is 3.54. The molecule has 3 rings (SSSR count). The summed E-state index contributed by atoms with van der Waals surface area (Å²) in [7, 11) is 4.15. The van der Waals surface area contributed by atoms with E-state index in [9.17, 15) is 9.59 Å². The Kier molecular flexibility index (Phi) is 3.75. The molecule has 23 heavy (non-hydrogen) atoms. The Morgan fingerprint density at radius 2 is 1.83 bits per heavy atom. The zero-order chi connectivity index (χ0) is 16.6. The van der Waals surface area contributed by atoms with Gasteiger partial charge in [0.25, 0.3) is 0 Å². The molecule has 0 spiro atoms. The number of esters is 2. The van der Waals surface area contributed by atoms with Crippen LogP contribution in [-0.2, 0) is 30.9 Å². The van der Waals surface area contributed by atoms with Gasteiger partial charge in [-0.1, -0.05) is 12.1 Å². The number of aromatic nitrogens is 1. The van der Waals surface area contributed by atoms with E-state index >= 15 is 0 Å². The molecule has 122 valence electrons. The van der Waals surface area contributed by atoms with Crippen LogP contribution in [0.25, 0.3) is 10.9 Å². The molecule has 1 N–H and O–H groups in total. The lowest BCUT2D eigenvalue weighted by atomic mass is 9.73. The summed E-state index contributed by atoms with van der Waals surface area (Å²) in [6.07, 6.45) is 1.83. The molecule has 1 aliphatic rings. The highest BCUT2D eigenvalue weighted by molar-refractivity contribution is 6.08. The van der Waals surface area contributed by atoms with Gasteiger partial charge in [0.2, 0.25) is 5.41 Å². The van der Waals surface area contributed by atoms with Crippen molar-refractivity contribution in [1.82, 2.24) is 4.98 Å². The van der Waals surface area contributed by atoms with E-state index in [0.29, 0.717) is 24.3 Å². The van der Waals surface area contributed by atoms with Crippen LogP contribution in [0.3, 0.4) is 0 Å². The smallest absolute Gasteiger partial charge is 0.329 e. The van der Waals surface area contributed by atoms with Gasteiger partial charge in [0.15, 0.2) is 0 Å². The van der Waals surface area contributed by atoms with Gasteiger partial charge in [-0.2, -0.15) is 0 Å². The van der Waals surface area contributed by atoms with Gasteiger partial charge in [0, 0.05) is 11.1 Å². The van der Waals surface area contributed by atoms with Crippen LogP contribution in [0.5, 0.6) is 5.75 Å². The number of hydrogen-bond acceptors (Lipinski definition) is 5. The van der Waals surface area contributed by atoms with Gasteiger partial charge in [0.05, 0.1) is 26.8 Å². The van der Waals surface area contributed by atoms with Gasteiger partial charge in [0.1, 0.15) is 5.75 Å². The van der Waals surface area contributed by atoms with Gasteiger partial charge in [-0.3, -0.25) is 9.59 Å². The Bertz CT molecular complexity index is 761. The topological polar surface area (TPSA) is 77.6 Å². The second kappa shape index (κ2) is 5.61. The molecule has 6 nitrogen and oxygen atoms in total. The third-order valence-corrected chi connectivity index (χ3v) is 4.60. The van der Waals surface area contributed by atoms with Crippen molar-refractivity contribution in [3.63, 3.8) is 0 Å². The van der Waals surface area contributed by atoms with E-state index in [0.717, 1.165) is 22.9 Å². The number of ether oxygens (including phenoxy) is 3. The quantitative estimate of drug-likeness (QED) is 0.693. The van der Waals surface area contributed by atoms with Crippen LogP contribution in [0.1, 0.15) is 24.1 Å². The number of aromatic amines is 1. The summed E-state index contributed by atoms with van der Waals surface area (Å²) >= 11 is 0. The Balaban J connectivity index is 2.33. The molecule has 0 amide bonds. The normalized spacial score (nSPS) is 15.8. The Labute approximate surface area is 133 Å². The lowest BCUT2D eigenvalue weighted by molar-refractivity contribution is -0.163. The maximum atomic E-state index is 12.5. The first-order valence-corrected chi connectivity index (χ1v) is 7.45. The molecule has 1 aliphatic carbocycles. The molecule has 0 aliphatic heterocycles. The van der Waals surface area contributed by atoms with Crippen molar-refractivity contribution in [3.05, 3.63) is 29.5 Å². The molecule has 1 aromatic heterocycles. The zero-order valence-electron chi connectivity index (χ0n) is 13.4. The number of nitrogens with one attached hydrogen (secondary N) is 1. The Morgan fingerprint density at radius 3 is 2.43 bits per heavy atom. The minimum Gasteiger partial charge on any atom is -0.495 e. The van der Waals surface area contributed by atoms with Crippen LogP contribution in [0.2, 0.25) is 0 Å². The van der Waals surface area contributed by atoms with Crippen LogP contribution >= 0.6 is 0 Å². The Morgan fingerprint density at radius 1 is 1.13 bits per heavy atom. The third-order valence-electron chi connectivity index (χ3n) is 4.60. The predicted octanol–water partition coefficient (Wildman–Crippen LogP) is 2.10. The minimum absolute atomic E-state index is 0.356. The predicted molar refractivity (Wildman–Crippen MR) is 83.5 cm³/mol. The molecule has 0 saturated carbocycles. The van der Waals surface area contributed by atoms with E-state index in [-0.39, 0.29) is 0 Å². The number of H-pyrrole nitrogens is 1. The van der Waals surface area contributed by atoms with E-state index in [2.05, 4.69) is 4.98 Å². The van der Waals surface area contributed by atoms with E-state index in [4.69, 9.17) is 14.2 Å². The number of fused-ring (bicyclic) bond motifs is 3. The van der Waals surface area contributed by atoms with Gasteiger partial charge in [-0.25, -0.2) is 0 Å². The number of hydrogen-bond donors (Lipinski definition) is 1. The number of aryl methyl sites for hydroxylation is 1. The summed E-state index contributed by atoms with van der Waals surface area (Å²) in [6.45, 7) is 0. The van der Waals surface area contributed by atoms with Crippen molar-refractivity contribution in [2.75, 3.05) is 21.3 Å². The van der Waals surface area contributed by atoms with E-state index in [1.165, 1.54) is 14.2 Å². The molecular weight excluding hydrogens is 298 g/mol. The summed E-state index contributed by atoms with van der Waals surface area (Å²) in [5.74, 6) is -0.535. The molecule has 0 saturated heterocycles. The zero-order valence-corrected chi connectivity index (χ0v) is 13.4. The molecule has 0 unspecified atom stereocenters. The fraction of sp³-hybridized carbons (Fsp3) is 0.412. The largest absolute Gasteiger partial charge is 0.495 e. The SMILES string of the molecule is COC(=O)C1(C(=O)OC)CCCc2c1[nH]c1c(OC)cccc21. The van der Waals surface area contributed by atoms with Crippen molar-refractivity contribution in [2.45, 2.75) is 24.7 Å². The van der Waals surface area contributed by atoms with Crippen molar-refractivity contribution >= 4 is 22.8 Å². The van der Waals surface area contributed by atoms with E-state index in [1.54, 1.807) is 7.11 Å². The van der Waals surface area contributed by atoms with Crippen molar-refractivity contribution < 1.29 is 23.8 Å². The summed E-state index contributed by atoms with van der Waals surface area (Å²) in [5, 5.41) is 0.955. The van der Waals surface area contributed by atoms with Crippen molar-refractivity contribution in [3.8, 4) is 5.75 Å². The molecule has 1 aromatic carbocycles. The first kappa shape index (κ1) is 15.4. The Hall–Kier alpha value is -2.50. The summed E-state index contributed by atoms with van der Waals surface area (Å²) in [6, 6.07) is 5.68. The van der Waals surface area contributed by atoms with Crippen LogP contribution in [0, 0.1) is 0 Å². The molecule has 0 bridgehead atoms. The van der Waals surface area contributed by atoms with Gasteiger partial charge < -0.3 is 19.2 Å². The molecule has 0 fully saturated rings. The monoisotopic (exact) mass is 317 g/mol. The average molecular weight is 317 g/mol. The number of benzene rings is 1.